The van der Waals surface area contributed by atoms with Crippen molar-refractivity contribution < 1.29 is 4.79 Å². The highest BCUT2D eigenvalue weighted by Gasteiger charge is 2.11. The average Bonchev–Trinajstić information content (AvgIpc) is 2.78. The summed E-state index contributed by atoms with van der Waals surface area (Å²) < 4.78 is 1.64. The van der Waals surface area contributed by atoms with E-state index in [-0.39, 0.29) is 5.91 Å². The summed E-state index contributed by atoms with van der Waals surface area (Å²) in [6, 6.07) is 0. The van der Waals surface area contributed by atoms with Crippen molar-refractivity contribution in [2.24, 2.45) is 0 Å². The normalized spacial score (nSPS) is 12.6. The van der Waals surface area contributed by atoms with E-state index in [0.29, 0.717) is 16.9 Å². The lowest BCUT2D eigenvalue weighted by Crippen LogP contribution is -2.24. The second-order valence-electron chi connectivity index (χ2n) is 4.14. The molecule has 0 radical (unpaired) electrons. The van der Waals surface area contributed by atoms with Gasteiger partial charge in [0.15, 0.2) is 0 Å². The number of rotatable bonds is 5. The quantitative estimate of drug-likeness (QED) is 0.679. The van der Waals surface area contributed by atoms with Gasteiger partial charge in [-0.2, -0.15) is 5.10 Å². The number of nitrogens with one attached hydrogen (secondary N) is 1. The van der Waals surface area contributed by atoms with Gasteiger partial charge in [-0.15, -0.1) is 0 Å². The summed E-state index contributed by atoms with van der Waals surface area (Å²) in [5, 5.41) is 7.00. The molecule has 0 bridgehead atoms. The molecule has 0 spiro atoms. The number of hydrogen-bond donors (Lipinski definition) is 1. The van der Waals surface area contributed by atoms with E-state index in [1.54, 1.807) is 29.3 Å². The summed E-state index contributed by atoms with van der Waals surface area (Å²) in [5.74, 6) is -0.0970. The second kappa shape index (κ2) is 5.95. The first kappa shape index (κ1) is 13.0. The first-order valence-corrected chi connectivity index (χ1v) is 6.79. The number of alkyl halides is 1. The minimum atomic E-state index is -0.0970. The monoisotopic (exact) mass is 310 g/mol. The van der Waals surface area contributed by atoms with Crippen LogP contribution in [-0.2, 0) is 0 Å². The van der Waals surface area contributed by atoms with Crippen molar-refractivity contribution >= 4 is 27.4 Å². The molecule has 0 aromatic carbocycles. The van der Waals surface area contributed by atoms with Gasteiger partial charge in [0, 0.05) is 23.8 Å². The largest absolute Gasteiger partial charge is 0.352 e. The Bertz CT molecular complexity index is 538. The number of carbonyl (C=O) groups is 1. The van der Waals surface area contributed by atoms with Gasteiger partial charge < -0.3 is 5.32 Å². The zero-order valence-corrected chi connectivity index (χ0v) is 11.7. The van der Waals surface area contributed by atoms with Crippen LogP contribution in [0.3, 0.4) is 0 Å². The van der Waals surface area contributed by atoms with Crippen molar-refractivity contribution in [1.29, 1.82) is 0 Å². The van der Waals surface area contributed by atoms with Gasteiger partial charge in [-0.25, -0.2) is 4.52 Å². The third-order valence-electron chi connectivity index (χ3n) is 2.63. The maximum Gasteiger partial charge on any atom is 0.255 e. The molecule has 0 aliphatic heterocycles. The van der Waals surface area contributed by atoms with Crippen LogP contribution in [0.2, 0.25) is 0 Å². The molecule has 18 heavy (non-hydrogen) atoms. The van der Waals surface area contributed by atoms with Crippen LogP contribution in [0, 0.1) is 0 Å². The van der Waals surface area contributed by atoms with E-state index in [2.05, 4.69) is 38.3 Å². The predicted molar refractivity (Wildman–Crippen MR) is 72.9 cm³/mol. The van der Waals surface area contributed by atoms with Crippen molar-refractivity contribution in [2.75, 3.05) is 6.54 Å². The smallest absolute Gasteiger partial charge is 0.255 e. The highest BCUT2D eigenvalue weighted by molar-refractivity contribution is 9.09. The van der Waals surface area contributed by atoms with Crippen LogP contribution in [-0.4, -0.2) is 31.9 Å². The fourth-order valence-corrected chi connectivity index (χ4v) is 2.01. The van der Waals surface area contributed by atoms with Crippen molar-refractivity contribution in [2.45, 2.75) is 24.6 Å². The second-order valence-corrected chi connectivity index (χ2v) is 5.71. The molecular formula is C12H15BrN4O. The van der Waals surface area contributed by atoms with Crippen molar-refractivity contribution in [3.8, 4) is 0 Å². The molecule has 5 nitrogen and oxygen atoms in total. The highest BCUT2D eigenvalue weighted by Crippen LogP contribution is 2.09. The van der Waals surface area contributed by atoms with Crippen molar-refractivity contribution in [3.05, 3.63) is 30.4 Å². The van der Waals surface area contributed by atoms with Gasteiger partial charge in [0.25, 0.3) is 5.91 Å². The topological polar surface area (TPSA) is 59.3 Å². The molecule has 2 rings (SSSR count). The number of hydrogen-bond acceptors (Lipinski definition) is 3. The first-order valence-electron chi connectivity index (χ1n) is 5.88. The van der Waals surface area contributed by atoms with Gasteiger partial charge in [-0.05, 0) is 12.8 Å². The van der Waals surface area contributed by atoms with E-state index in [0.717, 1.165) is 18.4 Å². The fraction of sp³-hybridized carbons (Fsp3) is 0.417. The molecule has 0 aliphatic rings. The standard InChI is InChI=1S/C12H15BrN4O/c1-9(13)3-2-4-15-12(18)10-7-16-17-6-5-14-8-11(10)17/h5-9H,2-4H2,1H3,(H,15,18). The zero-order chi connectivity index (χ0) is 13.0. The Balaban J connectivity index is 1.97. The van der Waals surface area contributed by atoms with Crippen molar-refractivity contribution in [3.63, 3.8) is 0 Å². The zero-order valence-electron chi connectivity index (χ0n) is 10.1. The molecule has 0 aliphatic carbocycles. The summed E-state index contributed by atoms with van der Waals surface area (Å²) in [6.45, 7) is 2.77. The molecule has 1 N–H and O–H groups in total. The number of amides is 1. The minimum absolute atomic E-state index is 0.0970. The molecule has 6 heteroatoms. The van der Waals surface area contributed by atoms with Crippen LogP contribution < -0.4 is 5.32 Å². The van der Waals surface area contributed by atoms with E-state index >= 15 is 0 Å². The summed E-state index contributed by atoms with van der Waals surface area (Å²) in [4.78, 5) is 16.4. The molecule has 0 fully saturated rings. The molecule has 0 saturated heterocycles. The molecule has 1 amide bonds. The number of carbonyl (C=O) groups excluding carboxylic acids is 1. The number of halogens is 1. The third kappa shape index (κ3) is 3.07. The molecule has 2 heterocycles. The Labute approximate surface area is 114 Å². The van der Waals surface area contributed by atoms with Crippen LogP contribution >= 0.6 is 15.9 Å². The van der Waals surface area contributed by atoms with Crippen LogP contribution in [0.1, 0.15) is 30.1 Å². The molecule has 2 aromatic rings. The number of fused-ring (bicyclic) bond motifs is 1. The van der Waals surface area contributed by atoms with Gasteiger partial charge >= 0.3 is 0 Å². The lowest BCUT2D eigenvalue weighted by Gasteiger charge is -2.05. The molecule has 2 aromatic heterocycles. The predicted octanol–water partition coefficient (Wildman–Crippen LogP) is 2.02. The average molecular weight is 311 g/mol. The molecular weight excluding hydrogens is 296 g/mol. The summed E-state index contributed by atoms with van der Waals surface area (Å²) in [7, 11) is 0. The molecule has 1 unspecified atom stereocenters. The SMILES string of the molecule is CC(Br)CCCNC(=O)c1cnn2ccncc12. The van der Waals surface area contributed by atoms with Gasteiger partial charge in [0.05, 0.1) is 23.5 Å². The number of nitrogens with zero attached hydrogens (tertiary/aromatic N) is 3. The maximum absolute atomic E-state index is 12.0. The van der Waals surface area contributed by atoms with E-state index in [4.69, 9.17) is 0 Å². The molecule has 96 valence electrons. The lowest BCUT2D eigenvalue weighted by atomic mass is 10.2. The highest BCUT2D eigenvalue weighted by atomic mass is 79.9. The van der Waals surface area contributed by atoms with E-state index in [1.165, 1.54) is 0 Å². The molecule has 0 saturated carbocycles. The van der Waals surface area contributed by atoms with Crippen LogP contribution in [0.15, 0.2) is 24.8 Å². The van der Waals surface area contributed by atoms with Gasteiger partial charge in [-0.3, -0.25) is 9.78 Å². The minimum Gasteiger partial charge on any atom is -0.352 e. The van der Waals surface area contributed by atoms with Gasteiger partial charge in [0.2, 0.25) is 0 Å². The third-order valence-corrected chi connectivity index (χ3v) is 3.09. The van der Waals surface area contributed by atoms with E-state index in [9.17, 15) is 4.79 Å². The Morgan fingerprint density at radius 3 is 3.17 bits per heavy atom. The van der Waals surface area contributed by atoms with Crippen LogP contribution in [0.5, 0.6) is 0 Å². The van der Waals surface area contributed by atoms with Crippen molar-refractivity contribution in [1.82, 2.24) is 19.9 Å². The van der Waals surface area contributed by atoms with Gasteiger partial charge in [-0.1, -0.05) is 22.9 Å². The first-order chi connectivity index (χ1) is 8.68. The Morgan fingerprint density at radius 1 is 1.56 bits per heavy atom. The molecule has 1 atom stereocenters. The lowest BCUT2D eigenvalue weighted by molar-refractivity contribution is 0.0954. The summed E-state index contributed by atoms with van der Waals surface area (Å²) in [6.07, 6.45) is 8.56. The Morgan fingerprint density at radius 2 is 2.39 bits per heavy atom. The van der Waals surface area contributed by atoms with Gasteiger partial charge in [0.1, 0.15) is 0 Å². The summed E-state index contributed by atoms with van der Waals surface area (Å²) >= 11 is 3.48. The number of aromatic nitrogens is 3. The Hall–Kier alpha value is -1.43. The fourth-order valence-electron chi connectivity index (χ4n) is 1.69. The van der Waals surface area contributed by atoms with E-state index < -0.39 is 0 Å². The van der Waals surface area contributed by atoms with E-state index in [1.807, 2.05) is 0 Å². The Kier molecular flexibility index (Phi) is 4.30. The van der Waals surface area contributed by atoms with Crippen LogP contribution in [0.4, 0.5) is 0 Å². The van der Waals surface area contributed by atoms with Crippen LogP contribution in [0.25, 0.3) is 5.52 Å². The summed E-state index contributed by atoms with van der Waals surface area (Å²) in [5.41, 5.74) is 1.29. The maximum atomic E-state index is 12.0.